The number of hydrogen-bond acceptors (Lipinski definition) is 6. The van der Waals surface area contributed by atoms with Crippen molar-refractivity contribution in [3.63, 3.8) is 0 Å². The van der Waals surface area contributed by atoms with Crippen molar-refractivity contribution in [1.82, 2.24) is 15.3 Å². The van der Waals surface area contributed by atoms with Crippen LogP contribution in [-0.4, -0.2) is 51.4 Å². The molecule has 1 aliphatic heterocycles. The number of carbonyl (C=O) groups excluding carboxylic acids is 1. The average Bonchev–Trinajstić information content (AvgIpc) is 2.69. The van der Waals surface area contributed by atoms with Gasteiger partial charge in [-0.1, -0.05) is 18.2 Å². The van der Waals surface area contributed by atoms with Gasteiger partial charge in [-0.25, -0.2) is 9.97 Å². The quantitative estimate of drug-likeness (QED) is 0.639. The smallest absolute Gasteiger partial charge is 0.270 e. The minimum absolute atomic E-state index is 0.0395. The molecule has 4 rings (SSSR count). The summed E-state index contributed by atoms with van der Waals surface area (Å²) in [6.45, 7) is 0.719. The molecule has 2 aromatic heterocycles. The third-order valence-electron chi connectivity index (χ3n) is 4.88. The van der Waals surface area contributed by atoms with Gasteiger partial charge in [-0.15, -0.1) is 0 Å². The highest BCUT2D eigenvalue weighted by Gasteiger charge is 2.26. The van der Waals surface area contributed by atoms with E-state index in [1.54, 1.807) is 18.3 Å². The molecule has 3 heterocycles. The first-order chi connectivity index (χ1) is 13.6. The Hall–Kier alpha value is -3.03. The Labute approximate surface area is 162 Å². The predicted molar refractivity (Wildman–Crippen MR) is 103 cm³/mol. The summed E-state index contributed by atoms with van der Waals surface area (Å²) < 4.78 is 5.21. The molecular weight excluding hydrogens is 358 g/mol. The van der Waals surface area contributed by atoms with Gasteiger partial charge in [-0.05, 0) is 42.2 Å². The molecule has 7 nitrogen and oxygen atoms in total. The molecule has 0 saturated carbocycles. The van der Waals surface area contributed by atoms with E-state index in [4.69, 9.17) is 4.74 Å². The first kappa shape index (κ1) is 18.3. The second kappa shape index (κ2) is 7.92. The van der Waals surface area contributed by atoms with E-state index in [9.17, 15) is 15.0 Å². The first-order valence-electron chi connectivity index (χ1n) is 9.19. The first-order valence-corrected chi connectivity index (χ1v) is 9.19. The van der Waals surface area contributed by atoms with Crippen molar-refractivity contribution < 1.29 is 19.7 Å². The van der Waals surface area contributed by atoms with Crippen LogP contribution in [0.25, 0.3) is 10.9 Å². The molecule has 1 amide bonds. The number of ether oxygens (including phenoxy) is 1. The molecule has 1 fully saturated rings. The van der Waals surface area contributed by atoms with Crippen LogP contribution in [0.1, 0.15) is 28.0 Å². The molecule has 0 radical (unpaired) electrons. The molecule has 0 unspecified atom stereocenters. The third-order valence-corrected chi connectivity index (χ3v) is 4.88. The number of nitrogens with one attached hydrogen (secondary N) is 1. The van der Waals surface area contributed by atoms with E-state index in [1.165, 1.54) is 0 Å². The van der Waals surface area contributed by atoms with Crippen LogP contribution in [-0.2, 0) is 11.2 Å². The summed E-state index contributed by atoms with van der Waals surface area (Å²) in [4.78, 5) is 21.1. The number of aromatic hydroxyl groups is 1. The normalized spacial score (nSPS) is 19.5. The van der Waals surface area contributed by atoms with Gasteiger partial charge >= 0.3 is 0 Å². The zero-order valence-electron chi connectivity index (χ0n) is 15.2. The lowest BCUT2D eigenvalue weighted by molar-refractivity contribution is -0.0261. The summed E-state index contributed by atoms with van der Waals surface area (Å²) >= 11 is 0. The van der Waals surface area contributed by atoms with Crippen LogP contribution in [0.15, 0.2) is 48.7 Å². The highest BCUT2D eigenvalue weighted by atomic mass is 16.5. The number of fused-ring (bicyclic) bond motifs is 1. The monoisotopic (exact) mass is 379 g/mol. The van der Waals surface area contributed by atoms with Crippen molar-refractivity contribution in [3.05, 3.63) is 65.5 Å². The standard InChI is InChI=1S/C21H21N3O4/c25-19-12-28-8-6-17(19)24-21(27)18-11-14(9-13-5-7-22-20(26)10-13)15-3-1-2-4-16(15)23-18/h1-5,7,10-11,17,19,25H,6,8-9,12H2,(H,22,26)(H,24,27)/t17-,19-/m0/s1. The largest absolute Gasteiger partial charge is 0.493 e. The minimum atomic E-state index is -0.725. The molecule has 3 aromatic rings. The van der Waals surface area contributed by atoms with Crippen LogP contribution in [0.3, 0.4) is 0 Å². The zero-order valence-corrected chi connectivity index (χ0v) is 15.2. The lowest BCUT2D eigenvalue weighted by atomic mass is 10.00. The fraction of sp³-hybridized carbons (Fsp3) is 0.286. The number of rotatable bonds is 4. The van der Waals surface area contributed by atoms with Crippen molar-refractivity contribution in [2.24, 2.45) is 0 Å². The molecular formula is C21H21N3O4. The second-order valence-electron chi connectivity index (χ2n) is 6.89. The Morgan fingerprint density at radius 1 is 1.25 bits per heavy atom. The average molecular weight is 379 g/mol. The Balaban J connectivity index is 1.66. The van der Waals surface area contributed by atoms with Gasteiger partial charge in [0.25, 0.3) is 5.91 Å². The van der Waals surface area contributed by atoms with Gasteiger partial charge in [0.2, 0.25) is 5.88 Å². The number of aliphatic hydroxyl groups is 1. The van der Waals surface area contributed by atoms with E-state index < -0.39 is 6.10 Å². The second-order valence-corrected chi connectivity index (χ2v) is 6.89. The summed E-state index contributed by atoms with van der Waals surface area (Å²) in [5.74, 6) is -0.363. The number of carbonyl (C=O) groups is 1. The van der Waals surface area contributed by atoms with Crippen LogP contribution < -0.4 is 5.32 Å². The Morgan fingerprint density at radius 2 is 2.11 bits per heavy atom. The lowest BCUT2D eigenvalue weighted by Gasteiger charge is -2.28. The third kappa shape index (κ3) is 3.95. The SMILES string of the molecule is O=C(N[C@H]1CCOC[C@@H]1O)c1cc(Cc2ccnc(O)c2)c2ccccc2n1. The van der Waals surface area contributed by atoms with Crippen molar-refractivity contribution in [2.75, 3.05) is 13.2 Å². The number of para-hydroxylation sites is 1. The number of hydrogen-bond donors (Lipinski definition) is 3. The number of aliphatic hydroxyl groups excluding tert-OH is 1. The van der Waals surface area contributed by atoms with Gasteiger partial charge in [0.15, 0.2) is 0 Å². The van der Waals surface area contributed by atoms with Crippen LogP contribution in [0.5, 0.6) is 5.88 Å². The molecule has 3 N–H and O–H groups in total. The van der Waals surface area contributed by atoms with Crippen LogP contribution >= 0.6 is 0 Å². The summed E-state index contributed by atoms with van der Waals surface area (Å²) in [6, 6.07) is 12.5. The minimum Gasteiger partial charge on any atom is -0.493 e. The maximum atomic E-state index is 12.8. The van der Waals surface area contributed by atoms with Gasteiger partial charge in [0.05, 0.1) is 24.3 Å². The molecule has 144 valence electrons. The van der Waals surface area contributed by atoms with E-state index in [2.05, 4.69) is 15.3 Å². The number of pyridine rings is 2. The van der Waals surface area contributed by atoms with E-state index in [1.807, 2.05) is 30.3 Å². The summed E-state index contributed by atoms with van der Waals surface area (Å²) in [5.41, 5.74) is 2.82. The van der Waals surface area contributed by atoms with Crippen LogP contribution in [0.4, 0.5) is 0 Å². The Kier molecular flexibility index (Phi) is 5.18. The fourth-order valence-electron chi connectivity index (χ4n) is 3.43. The van der Waals surface area contributed by atoms with Gasteiger partial charge in [-0.2, -0.15) is 0 Å². The molecule has 1 aromatic carbocycles. The van der Waals surface area contributed by atoms with Gasteiger partial charge in [0, 0.05) is 24.3 Å². The molecule has 28 heavy (non-hydrogen) atoms. The van der Waals surface area contributed by atoms with Crippen molar-refractivity contribution >= 4 is 16.8 Å². The molecule has 0 aliphatic carbocycles. The van der Waals surface area contributed by atoms with Crippen LogP contribution in [0, 0.1) is 0 Å². The van der Waals surface area contributed by atoms with E-state index in [0.29, 0.717) is 25.1 Å². The van der Waals surface area contributed by atoms with Crippen molar-refractivity contribution in [3.8, 4) is 5.88 Å². The highest BCUT2D eigenvalue weighted by Crippen LogP contribution is 2.22. The summed E-state index contributed by atoms with van der Waals surface area (Å²) in [5, 5.41) is 23.5. The van der Waals surface area contributed by atoms with E-state index >= 15 is 0 Å². The van der Waals surface area contributed by atoms with Gasteiger partial charge < -0.3 is 20.3 Å². The van der Waals surface area contributed by atoms with Crippen LogP contribution in [0.2, 0.25) is 0 Å². The van der Waals surface area contributed by atoms with Gasteiger partial charge in [0.1, 0.15) is 5.69 Å². The maximum Gasteiger partial charge on any atom is 0.270 e. The molecule has 2 atom stereocenters. The number of benzene rings is 1. The molecule has 1 saturated heterocycles. The number of amides is 1. The molecule has 7 heteroatoms. The number of aromatic nitrogens is 2. The molecule has 1 aliphatic rings. The predicted octanol–water partition coefficient (Wildman–Crippen LogP) is 1.81. The molecule has 0 bridgehead atoms. The Bertz CT molecular complexity index is 1010. The topological polar surface area (TPSA) is 105 Å². The summed E-state index contributed by atoms with van der Waals surface area (Å²) in [7, 11) is 0. The fourth-order valence-corrected chi connectivity index (χ4v) is 3.43. The maximum absolute atomic E-state index is 12.8. The highest BCUT2D eigenvalue weighted by molar-refractivity contribution is 5.96. The zero-order chi connectivity index (χ0) is 19.5. The summed E-state index contributed by atoms with van der Waals surface area (Å²) in [6.07, 6.45) is 1.91. The molecule has 0 spiro atoms. The van der Waals surface area contributed by atoms with E-state index in [0.717, 1.165) is 22.0 Å². The lowest BCUT2D eigenvalue weighted by Crippen LogP contribution is -2.48. The van der Waals surface area contributed by atoms with Gasteiger partial charge in [-0.3, -0.25) is 4.79 Å². The Morgan fingerprint density at radius 3 is 2.93 bits per heavy atom. The van der Waals surface area contributed by atoms with Crippen molar-refractivity contribution in [2.45, 2.75) is 25.0 Å². The van der Waals surface area contributed by atoms with E-state index in [-0.39, 0.29) is 24.4 Å². The number of nitrogens with zero attached hydrogens (tertiary/aromatic N) is 2. The van der Waals surface area contributed by atoms with Crippen molar-refractivity contribution in [1.29, 1.82) is 0 Å².